The third kappa shape index (κ3) is 2.85. The number of aromatic hydroxyl groups is 2. The normalized spacial score (nSPS) is 10.3. The molecule has 0 saturated carbocycles. The number of anilines is 2. The minimum Gasteiger partial charge on any atom is -0.508 e. The number of phenols is 2. The van der Waals surface area contributed by atoms with E-state index >= 15 is 0 Å². The Labute approximate surface area is 124 Å². The highest BCUT2D eigenvalue weighted by Crippen LogP contribution is 2.31. The third-order valence-corrected chi connectivity index (χ3v) is 3.35. The van der Waals surface area contributed by atoms with Crippen molar-refractivity contribution in [1.82, 2.24) is 0 Å². The van der Waals surface area contributed by atoms with Gasteiger partial charge in [0.25, 0.3) is 5.91 Å². The van der Waals surface area contributed by atoms with E-state index in [0.717, 1.165) is 11.6 Å². The van der Waals surface area contributed by atoms with Gasteiger partial charge in [0, 0.05) is 10.5 Å². The molecule has 0 unspecified atom stereocenters. The van der Waals surface area contributed by atoms with E-state index in [4.69, 9.17) is 5.73 Å². The van der Waals surface area contributed by atoms with E-state index in [1.165, 1.54) is 12.1 Å². The molecule has 0 aromatic heterocycles. The maximum absolute atomic E-state index is 12.1. The molecule has 5 nitrogen and oxygen atoms in total. The number of hydrogen-bond acceptors (Lipinski definition) is 4. The van der Waals surface area contributed by atoms with Crippen LogP contribution in [0.15, 0.2) is 34.8 Å². The number of nitrogen functional groups attached to an aromatic ring is 1. The molecular formula is C14H13BrN2O3. The number of amides is 1. The van der Waals surface area contributed by atoms with Gasteiger partial charge in [0.05, 0.1) is 16.9 Å². The zero-order valence-corrected chi connectivity index (χ0v) is 12.2. The molecule has 0 aliphatic rings. The first-order chi connectivity index (χ1) is 9.38. The summed E-state index contributed by atoms with van der Waals surface area (Å²) in [6, 6.07) is 7.31. The Hall–Kier alpha value is -2.21. The van der Waals surface area contributed by atoms with Gasteiger partial charge >= 0.3 is 0 Å². The van der Waals surface area contributed by atoms with Crippen molar-refractivity contribution in [3.05, 3.63) is 45.9 Å². The van der Waals surface area contributed by atoms with Gasteiger partial charge < -0.3 is 21.3 Å². The predicted octanol–water partition coefficient (Wildman–Crippen LogP) is 3.00. The molecule has 5 N–H and O–H groups in total. The molecule has 0 saturated heterocycles. The Balaban J connectivity index is 2.33. The molecule has 104 valence electrons. The van der Waals surface area contributed by atoms with Crippen LogP contribution in [0.25, 0.3) is 0 Å². The fourth-order valence-corrected chi connectivity index (χ4v) is 2.48. The standard InChI is InChI=1S/C14H13BrN2O3/c1-7-4-10(15)13(11(16)5-7)17-14(20)9-3-2-8(18)6-12(9)19/h2-6,18-19H,16H2,1H3,(H,17,20). The zero-order chi connectivity index (χ0) is 14.9. The molecule has 2 aromatic carbocycles. The van der Waals surface area contributed by atoms with Crippen LogP contribution in [0, 0.1) is 6.92 Å². The van der Waals surface area contributed by atoms with Gasteiger partial charge in [-0.25, -0.2) is 0 Å². The van der Waals surface area contributed by atoms with Crippen LogP contribution < -0.4 is 11.1 Å². The van der Waals surface area contributed by atoms with Gasteiger partial charge in [-0.05, 0) is 52.7 Å². The minimum atomic E-state index is -0.515. The van der Waals surface area contributed by atoms with Gasteiger partial charge in [-0.3, -0.25) is 4.79 Å². The monoisotopic (exact) mass is 336 g/mol. The van der Waals surface area contributed by atoms with E-state index in [1.807, 2.05) is 13.0 Å². The van der Waals surface area contributed by atoms with Gasteiger partial charge in [0.2, 0.25) is 0 Å². The summed E-state index contributed by atoms with van der Waals surface area (Å²) in [5.74, 6) is -0.932. The number of carbonyl (C=O) groups excluding carboxylic acids is 1. The van der Waals surface area contributed by atoms with E-state index in [9.17, 15) is 15.0 Å². The molecule has 20 heavy (non-hydrogen) atoms. The lowest BCUT2D eigenvalue weighted by atomic mass is 10.1. The molecule has 0 aliphatic carbocycles. The Morgan fingerprint density at radius 2 is 1.95 bits per heavy atom. The Morgan fingerprint density at radius 1 is 1.25 bits per heavy atom. The fraction of sp³-hybridized carbons (Fsp3) is 0.0714. The van der Waals surface area contributed by atoms with Crippen molar-refractivity contribution in [1.29, 1.82) is 0 Å². The maximum Gasteiger partial charge on any atom is 0.259 e. The molecule has 0 fully saturated rings. The van der Waals surface area contributed by atoms with Crippen LogP contribution in [0.3, 0.4) is 0 Å². The summed E-state index contributed by atoms with van der Waals surface area (Å²) in [7, 11) is 0. The van der Waals surface area contributed by atoms with Crippen LogP contribution in [0.1, 0.15) is 15.9 Å². The van der Waals surface area contributed by atoms with Crippen molar-refractivity contribution in [2.24, 2.45) is 0 Å². The number of nitrogens with one attached hydrogen (secondary N) is 1. The Kier molecular flexibility index (Phi) is 3.85. The molecule has 0 heterocycles. The van der Waals surface area contributed by atoms with Crippen LogP contribution in [-0.2, 0) is 0 Å². The van der Waals surface area contributed by atoms with Crippen LogP contribution in [0.5, 0.6) is 11.5 Å². The summed E-state index contributed by atoms with van der Waals surface area (Å²) in [4.78, 5) is 12.1. The molecule has 2 rings (SSSR count). The summed E-state index contributed by atoms with van der Waals surface area (Å²) in [6.45, 7) is 1.89. The van der Waals surface area contributed by atoms with Gasteiger partial charge in [-0.2, -0.15) is 0 Å². The van der Waals surface area contributed by atoms with E-state index in [2.05, 4.69) is 21.2 Å². The number of phenolic OH excluding ortho intramolecular Hbond substituents is 2. The molecule has 0 spiro atoms. The zero-order valence-electron chi connectivity index (χ0n) is 10.6. The van der Waals surface area contributed by atoms with Crippen molar-refractivity contribution in [3.63, 3.8) is 0 Å². The summed E-state index contributed by atoms with van der Waals surface area (Å²) in [5.41, 5.74) is 7.73. The topological polar surface area (TPSA) is 95.6 Å². The summed E-state index contributed by atoms with van der Waals surface area (Å²) >= 11 is 3.33. The number of carbonyl (C=O) groups is 1. The van der Waals surface area contributed by atoms with E-state index < -0.39 is 5.91 Å². The van der Waals surface area contributed by atoms with Crippen molar-refractivity contribution < 1.29 is 15.0 Å². The van der Waals surface area contributed by atoms with E-state index in [0.29, 0.717) is 15.8 Å². The molecule has 1 amide bonds. The predicted molar refractivity (Wildman–Crippen MR) is 81.0 cm³/mol. The number of halogens is 1. The van der Waals surface area contributed by atoms with Gasteiger partial charge in [-0.15, -0.1) is 0 Å². The second kappa shape index (κ2) is 5.42. The first-order valence-electron chi connectivity index (χ1n) is 5.77. The van der Waals surface area contributed by atoms with Crippen LogP contribution in [0.4, 0.5) is 11.4 Å². The minimum absolute atomic E-state index is 0.0506. The van der Waals surface area contributed by atoms with Gasteiger partial charge in [0.15, 0.2) is 0 Å². The lowest BCUT2D eigenvalue weighted by Gasteiger charge is -2.12. The quantitative estimate of drug-likeness (QED) is 0.634. The highest BCUT2D eigenvalue weighted by atomic mass is 79.9. The van der Waals surface area contributed by atoms with Crippen molar-refractivity contribution >= 4 is 33.2 Å². The molecule has 0 aliphatic heterocycles. The largest absolute Gasteiger partial charge is 0.508 e. The van der Waals surface area contributed by atoms with E-state index in [-0.39, 0.29) is 17.1 Å². The average Bonchev–Trinajstić information content (AvgIpc) is 2.33. The SMILES string of the molecule is Cc1cc(N)c(NC(=O)c2ccc(O)cc2O)c(Br)c1. The second-order valence-corrected chi connectivity index (χ2v) is 5.22. The van der Waals surface area contributed by atoms with Gasteiger partial charge in [-0.1, -0.05) is 0 Å². The molecular weight excluding hydrogens is 324 g/mol. The Morgan fingerprint density at radius 3 is 2.55 bits per heavy atom. The molecule has 0 atom stereocenters. The summed E-state index contributed by atoms with van der Waals surface area (Å²) in [6.07, 6.45) is 0. The van der Waals surface area contributed by atoms with Crippen LogP contribution in [0.2, 0.25) is 0 Å². The van der Waals surface area contributed by atoms with E-state index in [1.54, 1.807) is 6.07 Å². The lowest BCUT2D eigenvalue weighted by Crippen LogP contribution is -2.14. The molecule has 6 heteroatoms. The number of nitrogens with two attached hydrogens (primary N) is 1. The maximum atomic E-state index is 12.1. The fourth-order valence-electron chi connectivity index (χ4n) is 1.79. The molecule has 0 bridgehead atoms. The van der Waals surface area contributed by atoms with Crippen LogP contribution >= 0.6 is 15.9 Å². The smallest absolute Gasteiger partial charge is 0.259 e. The van der Waals surface area contributed by atoms with Gasteiger partial charge in [0.1, 0.15) is 11.5 Å². The van der Waals surface area contributed by atoms with Crippen molar-refractivity contribution in [3.8, 4) is 11.5 Å². The number of aryl methyl sites for hydroxylation is 1. The van der Waals surface area contributed by atoms with Crippen molar-refractivity contribution in [2.75, 3.05) is 11.1 Å². The number of rotatable bonds is 2. The van der Waals surface area contributed by atoms with Crippen LogP contribution in [-0.4, -0.2) is 16.1 Å². The lowest BCUT2D eigenvalue weighted by molar-refractivity contribution is 0.102. The number of hydrogen-bond donors (Lipinski definition) is 4. The second-order valence-electron chi connectivity index (χ2n) is 4.37. The summed E-state index contributed by atoms with van der Waals surface area (Å²) in [5, 5.41) is 21.5. The average molecular weight is 337 g/mol. The molecule has 0 radical (unpaired) electrons. The highest BCUT2D eigenvalue weighted by molar-refractivity contribution is 9.10. The van der Waals surface area contributed by atoms with Crippen molar-refractivity contribution in [2.45, 2.75) is 6.92 Å². The first kappa shape index (κ1) is 14.2. The summed E-state index contributed by atoms with van der Waals surface area (Å²) < 4.78 is 0.654. The Bertz CT molecular complexity index is 663. The molecule has 2 aromatic rings. The highest BCUT2D eigenvalue weighted by Gasteiger charge is 2.15. The number of benzene rings is 2. The third-order valence-electron chi connectivity index (χ3n) is 2.73. The first-order valence-corrected chi connectivity index (χ1v) is 6.56.